The molecule has 1 saturated heterocycles. The van der Waals surface area contributed by atoms with Crippen molar-refractivity contribution >= 4 is 33.0 Å². The molecule has 1 atom stereocenters. The molecule has 0 spiro atoms. The molecule has 0 bridgehead atoms. The van der Waals surface area contributed by atoms with E-state index in [1.807, 2.05) is 6.92 Å². The lowest BCUT2D eigenvalue weighted by atomic mass is 10.2. The third-order valence-corrected chi connectivity index (χ3v) is 6.36. The Bertz CT molecular complexity index is 924. The zero-order valence-electron chi connectivity index (χ0n) is 14.4. The molecule has 2 aromatic heterocycles. The van der Waals surface area contributed by atoms with Crippen LogP contribution in [0.15, 0.2) is 18.3 Å². The van der Waals surface area contributed by atoms with Crippen molar-refractivity contribution in [2.45, 2.75) is 25.8 Å². The minimum absolute atomic E-state index is 0.0129. The molecule has 2 aromatic rings. The van der Waals surface area contributed by atoms with Crippen molar-refractivity contribution in [2.75, 3.05) is 23.9 Å². The number of ether oxygens (including phenoxy) is 1. The number of nitrogens with one attached hydrogen (secondary N) is 1. The monoisotopic (exact) mass is 398 g/mol. The van der Waals surface area contributed by atoms with Gasteiger partial charge < -0.3 is 10.1 Å². The third kappa shape index (κ3) is 3.68. The molecule has 1 N–H and O–H groups in total. The number of hydrogen-bond acceptors (Lipinski definition) is 6. The van der Waals surface area contributed by atoms with Crippen LogP contribution in [-0.4, -0.2) is 47.7 Å². The van der Waals surface area contributed by atoms with Crippen LogP contribution in [-0.2, 0) is 16.3 Å². The van der Waals surface area contributed by atoms with Crippen molar-refractivity contribution in [1.29, 1.82) is 0 Å². The van der Waals surface area contributed by atoms with Gasteiger partial charge in [-0.3, -0.25) is 4.79 Å². The number of anilines is 1. The lowest BCUT2D eigenvalue weighted by molar-refractivity contribution is 0.102. The van der Waals surface area contributed by atoms with Gasteiger partial charge in [0.2, 0.25) is 5.88 Å². The Morgan fingerprint density at radius 3 is 2.77 bits per heavy atom. The maximum absolute atomic E-state index is 12.7. The highest BCUT2D eigenvalue weighted by Gasteiger charge is 2.33. The summed E-state index contributed by atoms with van der Waals surface area (Å²) >= 11 is 6.40. The minimum Gasteiger partial charge on any atom is -0.481 e. The fourth-order valence-electron chi connectivity index (χ4n) is 2.91. The number of aryl methyl sites for hydroxylation is 1. The van der Waals surface area contributed by atoms with E-state index in [2.05, 4.69) is 15.4 Å². The predicted molar refractivity (Wildman–Crippen MR) is 97.7 cm³/mol. The normalized spacial score (nSPS) is 18.7. The van der Waals surface area contributed by atoms with Gasteiger partial charge in [0, 0.05) is 6.07 Å². The number of pyridine rings is 1. The SMILES string of the molecule is CCc1nn(C2CCS(=O)(=O)C2)c(Cl)c1C(=O)Nc1ccc(OC)nc1. The van der Waals surface area contributed by atoms with Gasteiger partial charge in [0.05, 0.1) is 47.8 Å². The van der Waals surface area contributed by atoms with Gasteiger partial charge in [0.25, 0.3) is 5.91 Å². The Hall–Kier alpha value is -2.13. The molecule has 0 radical (unpaired) electrons. The van der Waals surface area contributed by atoms with Crippen molar-refractivity contribution in [3.63, 3.8) is 0 Å². The highest BCUT2D eigenvalue weighted by molar-refractivity contribution is 7.91. The topological polar surface area (TPSA) is 103 Å². The first kappa shape index (κ1) is 18.7. The fourth-order valence-corrected chi connectivity index (χ4v) is 4.97. The van der Waals surface area contributed by atoms with Crippen LogP contribution in [0.3, 0.4) is 0 Å². The minimum atomic E-state index is -3.09. The van der Waals surface area contributed by atoms with Gasteiger partial charge in [-0.25, -0.2) is 18.1 Å². The summed E-state index contributed by atoms with van der Waals surface area (Å²) in [5.41, 5.74) is 1.28. The fraction of sp³-hybridized carbons (Fsp3) is 0.438. The summed E-state index contributed by atoms with van der Waals surface area (Å²) < 4.78 is 29.9. The smallest absolute Gasteiger partial charge is 0.260 e. The zero-order valence-corrected chi connectivity index (χ0v) is 16.0. The second-order valence-electron chi connectivity index (χ2n) is 6.01. The first-order valence-corrected chi connectivity index (χ1v) is 10.3. The average molecular weight is 399 g/mol. The highest BCUT2D eigenvalue weighted by Crippen LogP contribution is 2.30. The van der Waals surface area contributed by atoms with Gasteiger partial charge in [-0.1, -0.05) is 18.5 Å². The molecule has 0 saturated carbocycles. The molecule has 1 fully saturated rings. The molecule has 26 heavy (non-hydrogen) atoms. The number of aromatic nitrogens is 3. The lowest BCUT2D eigenvalue weighted by Gasteiger charge is -2.10. The van der Waals surface area contributed by atoms with Crippen molar-refractivity contribution in [1.82, 2.24) is 14.8 Å². The summed E-state index contributed by atoms with van der Waals surface area (Å²) in [6.07, 6.45) is 2.41. The molecule has 3 heterocycles. The number of carbonyl (C=O) groups is 1. The molecule has 0 aliphatic carbocycles. The summed E-state index contributed by atoms with van der Waals surface area (Å²) in [7, 11) is -1.58. The summed E-state index contributed by atoms with van der Waals surface area (Å²) in [6, 6.07) is 2.95. The Morgan fingerprint density at radius 2 is 2.23 bits per heavy atom. The second-order valence-corrected chi connectivity index (χ2v) is 8.60. The average Bonchev–Trinajstić information content (AvgIpc) is 3.14. The first-order chi connectivity index (χ1) is 12.3. The summed E-state index contributed by atoms with van der Waals surface area (Å²) in [5.74, 6) is 0.117. The Balaban J connectivity index is 1.87. The number of amides is 1. The molecule has 10 heteroatoms. The molecule has 0 aromatic carbocycles. The standard InChI is InChI=1S/C16H19ClN4O4S/c1-3-12-14(16(22)19-10-4-5-13(25-2)18-8-10)15(17)21(20-12)11-6-7-26(23,24)9-11/h4-5,8,11H,3,6-7,9H2,1-2H3,(H,19,22). The number of carbonyl (C=O) groups excluding carboxylic acids is 1. The lowest BCUT2D eigenvalue weighted by Crippen LogP contribution is -2.15. The molecule has 8 nitrogen and oxygen atoms in total. The van der Waals surface area contributed by atoms with Crippen LogP contribution in [0, 0.1) is 0 Å². The Kier molecular flexibility index (Phi) is 5.19. The van der Waals surface area contributed by atoms with Crippen LogP contribution >= 0.6 is 11.6 Å². The van der Waals surface area contributed by atoms with Crippen molar-refractivity contribution in [2.24, 2.45) is 0 Å². The third-order valence-electron chi connectivity index (χ3n) is 4.24. The van der Waals surface area contributed by atoms with Crippen LogP contribution in [0.1, 0.15) is 35.4 Å². The van der Waals surface area contributed by atoms with Gasteiger partial charge in [0.1, 0.15) is 5.15 Å². The molecule has 3 rings (SSSR count). The molecule has 1 unspecified atom stereocenters. The van der Waals surface area contributed by atoms with E-state index >= 15 is 0 Å². The number of methoxy groups -OCH3 is 1. The molecular formula is C16H19ClN4O4S. The van der Waals surface area contributed by atoms with E-state index in [9.17, 15) is 13.2 Å². The predicted octanol–water partition coefficient (Wildman–Crippen LogP) is 2.11. The number of rotatable bonds is 5. The summed E-state index contributed by atoms with van der Waals surface area (Å²) in [6.45, 7) is 1.86. The van der Waals surface area contributed by atoms with Crippen LogP contribution in [0.25, 0.3) is 0 Å². The van der Waals surface area contributed by atoms with E-state index in [1.165, 1.54) is 18.0 Å². The molecular weight excluding hydrogens is 380 g/mol. The summed E-state index contributed by atoms with van der Waals surface area (Å²) in [4.78, 5) is 16.7. The molecule has 1 amide bonds. The number of nitrogens with zero attached hydrogens (tertiary/aromatic N) is 3. The van der Waals surface area contributed by atoms with Crippen molar-refractivity contribution in [3.05, 3.63) is 34.7 Å². The number of sulfone groups is 1. The Morgan fingerprint density at radius 1 is 1.46 bits per heavy atom. The van der Waals surface area contributed by atoms with Crippen LogP contribution in [0.4, 0.5) is 5.69 Å². The van der Waals surface area contributed by atoms with E-state index in [0.717, 1.165) is 0 Å². The zero-order chi connectivity index (χ0) is 18.9. The van der Waals surface area contributed by atoms with E-state index in [-0.39, 0.29) is 28.3 Å². The number of hydrogen-bond donors (Lipinski definition) is 1. The maximum Gasteiger partial charge on any atom is 0.260 e. The highest BCUT2D eigenvalue weighted by atomic mass is 35.5. The van der Waals surface area contributed by atoms with E-state index in [0.29, 0.717) is 30.1 Å². The molecule has 140 valence electrons. The van der Waals surface area contributed by atoms with Crippen LogP contribution < -0.4 is 10.1 Å². The van der Waals surface area contributed by atoms with Gasteiger partial charge >= 0.3 is 0 Å². The van der Waals surface area contributed by atoms with E-state index < -0.39 is 15.7 Å². The van der Waals surface area contributed by atoms with Gasteiger partial charge in [0.15, 0.2) is 9.84 Å². The van der Waals surface area contributed by atoms with Crippen molar-refractivity contribution < 1.29 is 17.9 Å². The first-order valence-electron chi connectivity index (χ1n) is 8.13. The van der Waals surface area contributed by atoms with Gasteiger partial charge in [-0.15, -0.1) is 0 Å². The van der Waals surface area contributed by atoms with Crippen LogP contribution in [0.5, 0.6) is 5.88 Å². The van der Waals surface area contributed by atoms with Gasteiger partial charge in [-0.2, -0.15) is 5.10 Å². The Labute approximate surface area is 156 Å². The molecule has 1 aliphatic rings. The maximum atomic E-state index is 12.7. The largest absolute Gasteiger partial charge is 0.481 e. The van der Waals surface area contributed by atoms with Crippen LogP contribution in [0.2, 0.25) is 5.15 Å². The van der Waals surface area contributed by atoms with E-state index in [4.69, 9.17) is 16.3 Å². The number of halogens is 1. The second kappa shape index (κ2) is 7.24. The van der Waals surface area contributed by atoms with E-state index in [1.54, 1.807) is 12.1 Å². The molecule has 1 aliphatic heterocycles. The summed E-state index contributed by atoms with van der Waals surface area (Å²) in [5, 5.41) is 7.28. The quantitative estimate of drug-likeness (QED) is 0.827. The van der Waals surface area contributed by atoms with Gasteiger partial charge in [-0.05, 0) is 18.9 Å². The van der Waals surface area contributed by atoms with Crippen molar-refractivity contribution in [3.8, 4) is 5.88 Å².